The Morgan fingerprint density at radius 2 is 2.00 bits per heavy atom. The Kier molecular flexibility index (Phi) is 2.96. The van der Waals surface area contributed by atoms with Crippen LogP contribution >= 0.6 is 0 Å². The van der Waals surface area contributed by atoms with E-state index in [9.17, 15) is 4.79 Å². The fourth-order valence-corrected chi connectivity index (χ4v) is 2.43. The van der Waals surface area contributed by atoms with Crippen molar-refractivity contribution >= 4 is 5.78 Å². The smallest absolute Gasteiger partial charge is 0.168 e. The van der Waals surface area contributed by atoms with Crippen molar-refractivity contribution in [3.8, 4) is 11.5 Å². The molecule has 2 unspecified atom stereocenters. The van der Waals surface area contributed by atoms with Crippen LogP contribution in [0.4, 0.5) is 0 Å². The molecule has 0 radical (unpaired) electrons. The summed E-state index contributed by atoms with van der Waals surface area (Å²) in [6.45, 7) is 3.62. The van der Waals surface area contributed by atoms with E-state index in [2.05, 4.69) is 0 Å². The van der Waals surface area contributed by atoms with Crippen molar-refractivity contribution < 1.29 is 19.0 Å². The second kappa shape index (κ2) is 4.61. The highest BCUT2D eigenvalue weighted by Gasteiger charge is 2.29. The molecule has 0 saturated carbocycles. The van der Waals surface area contributed by atoms with Crippen molar-refractivity contribution in [3.63, 3.8) is 0 Å². The fourth-order valence-electron chi connectivity index (χ4n) is 2.43. The van der Waals surface area contributed by atoms with E-state index >= 15 is 0 Å². The predicted octanol–water partition coefficient (Wildman–Crippen LogP) is 2.07. The van der Waals surface area contributed by atoms with Crippen LogP contribution < -0.4 is 9.47 Å². The standard InChI is InChI=1S/C14H16O4/c1-9-6-11(8-18-9)14(15)10-2-3-12-13(7-10)17-5-4-16-12/h2-3,7,9,11H,4-6,8H2,1H3. The van der Waals surface area contributed by atoms with Crippen molar-refractivity contribution in [2.75, 3.05) is 19.8 Å². The summed E-state index contributed by atoms with van der Waals surface area (Å²) in [5.74, 6) is 1.49. The minimum Gasteiger partial charge on any atom is -0.486 e. The van der Waals surface area contributed by atoms with Gasteiger partial charge in [-0.05, 0) is 31.5 Å². The van der Waals surface area contributed by atoms with E-state index in [1.165, 1.54) is 0 Å². The molecule has 96 valence electrons. The number of benzene rings is 1. The third-order valence-electron chi connectivity index (χ3n) is 3.40. The van der Waals surface area contributed by atoms with E-state index in [4.69, 9.17) is 14.2 Å². The molecular formula is C14H16O4. The molecule has 2 aliphatic heterocycles. The van der Waals surface area contributed by atoms with E-state index in [-0.39, 0.29) is 17.8 Å². The van der Waals surface area contributed by atoms with Crippen molar-refractivity contribution in [2.45, 2.75) is 19.4 Å². The Hall–Kier alpha value is -1.55. The number of ketones is 1. The monoisotopic (exact) mass is 248 g/mol. The zero-order valence-electron chi connectivity index (χ0n) is 10.3. The van der Waals surface area contributed by atoms with Crippen LogP contribution in [0.15, 0.2) is 18.2 Å². The van der Waals surface area contributed by atoms with Crippen LogP contribution in [0.5, 0.6) is 11.5 Å². The molecule has 1 saturated heterocycles. The molecule has 1 aromatic carbocycles. The van der Waals surface area contributed by atoms with Crippen LogP contribution in [0, 0.1) is 5.92 Å². The van der Waals surface area contributed by atoms with Gasteiger partial charge in [-0.25, -0.2) is 0 Å². The van der Waals surface area contributed by atoms with Gasteiger partial charge in [0.1, 0.15) is 13.2 Å². The summed E-state index contributed by atoms with van der Waals surface area (Å²) >= 11 is 0. The van der Waals surface area contributed by atoms with E-state index in [0.29, 0.717) is 36.9 Å². The molecule has 4 heteroatoms. The first-order valence-electron chi connectivity index (χ1n) is 6.29. The number of carbonyl (C=O) groups is 1. The summed E-state index contributed by atoms with van der Waals surface area (Å²) in [5.41, 5.74) is 0.682. The van der Waals surface area contributed by atoms with Gasteiger partial charge in [0.2, 0.25) is 0 Å². The van der Waals surface area contributed by atoms with Gasteiger partial charge in [-0.15, -0.1) is 0 Å². The topological polar surface area (TPSA) is 44.8 Å². The predicted molar refractivity (Wildman–Crippen MR) is 65.3 cm³/mol. The van der Waals surface area contributed by atoms with E-state index in [0.717, 1.165) is 6.42 Å². The summed E-state index contributed by atoms with van der Waals surface area (Å²) in [6, 6.07) is 5.39. The maximum Gasteiger partial charge on any atom is 0.168 e. The molecule has 2 atom stereocenters. The summed E-state index contributed by atoms with van der Waals surface area (Å²) in [5, 5.41) is 0. The Balaban J connectivity index is 1.81. The SMILES string of the molecule is CC1CC(C(=O)c2ccc3c(c2)OCCO3)CO1. The fraction of sp³-hybridized carbons (Fsp3) is 0.500. The molecule has 1 aromatic rings. The van der Waals surface area contributed by atoms with E-state index in [1.54, 1.807) is 18.2 Å². The molecule has 2 aliphatic rings. The van der Waals surface area contributed by atoms with Gasteiger partial charge in [-0.3, -0.25) is 4.79 Å². The summed E-state index contributed by atoms with van der Waals surface area (Å²) in [4.78, 5) is 12.3. The first-order chi connectivity index (χ1) is 8.74. The molecule has 0 aromatic heterocycles. The number of hydrogen-bond acceptors (Lipinski definition) is 4. The van der Waals surface area contributed by atoms with Gasteiger partial charge in [0.25, 0.3) is 0 Å². The van der Waals surface area contributed by atoms with E-state index < -0.39 is 0 Å². The van der Waals surface area contributed by atoms with E-state index in [1.807, 2.05) is 6.92 Å². The number of rotatable bonds is 2. The maximum atomic E-state index is 12.3. The van der Waals surface area contributed by atoms with Gasteiger partial charge < -0.3 is 14.2 Å². The minimum absolute atomic E-state index is 0.0254. The Bertz CT molecular complexity index is 469. The molecule has 2 heterocycles. The second-order valence-electron chi connectivity index (χ2n) is 4.80. The maximum absolute atomic E-state index is 12.3. The van der Waals surface area contributed by atoms with Crippen LogP contribution in [0.25, 0.3) is 0 Å². The molecular weight excluding hydrogens is 232 g/mol. The second-order valence-corrected chi connectivity index (χ2v) is 4.80. The van der Waals surface area contributed by atoms with Crippen molar-refractivity contribution in [1.82, 2.24) is 0 Å². The van der Waals surface area contributed by atoms with Crippen LogP contribution in [-0.4, -0.2) is 31.7 Å². The highest BCUT2D eigenvalue weighted by molar-refractivity contribution is 5.98. The molecule has 3 rings (SSSR count). The quantitative estimate of drug-likeness (QED) is 0.751. The van der Waals surface area contributed by atoms with Gasteiger partial charge in [0, 0.05) is 11.5 Å². The number of ether oxygens (including phenoxy) is 3. The number of fused-ring (bicyclic) bond motifs is 1. The van der Waals surface area contributed by atoms with Crippen LogP contribution in [0.1, 0.15) is 23.7 Å². The first kappa shape index (κ1) is 11.5. The van der Waals surface area contributed by atoms with Gasteiger partial charge in [0.15, 0.2) is 17.3 Å². The third-order valence-corrected chi connectivity index (χ3v) is 3.40. The lowest BCUT2D eigenvalue weighted by atomic mass is 9.95. The zero-order chi connectivity index (χ0) is 12.5. The largest absolute Gasteiger partial charge is 0.486 e. The lowest BCUT2D eigenvalue weighted by Gasteiger charge is -2.19. The number of hydrogen-bond donors (Lipinski definition) is 0. The molecule has 18 heavy (non-hydrogen) atoms. The molecule has 0 aliphatic carbocycles. The lowest BCUT2D eigenvalue weighted by Crippen LogP contribution is -2.18. The van der Waals surface area contributed by atoms with Crippen LogP contribution in [0.3, 0.4) is 0 Å². The Morgan fingerprint density at radius 1 is 1.22 bits per heavy atom. The third kappa shape index (κ3) is 2.08. The average molecular weight is 248 g/mol. The van der Waals surface area contributed by atoms with Gasteiger partial charge in [-0.2, -0.15) is 0 Å². The molecule has 4 nitrogen and oxygen atoms in total. The van der Waals surface area contributed by atoms with Crippen LogP contribution in [0.2, 0.25) is 0 Å². The van der Waals surface area contributed by atoms with Gasteiger partial charge in [-0.1, -0.05) is 0 Å². The molecule has 0 spiro atoms. The van der Waals surface area contributed by atoms with Crippen molar-refractivity contribution in [2.24, 2.45) is 5.92 Å². The molecule has 0 N–H and O–H groups in total. The highest BCUT2D eigenvalue weighted by Crippen LogP contribution is 2.32. The summed E-state index contributed by atoms with van der Waals surface area (Å²) in [7, 11) is 0. The average Bonchev–Trinajstić information content (AvgIpc) is 2.84. The normalized spacial score (nSPS) is 26.1. The highest BCUT2D eigenvalue weighted by atomic mass is 16.6. The molecule has 0 amide bonds. The summed E-state index contributed by atoms with van der Waals surface area (Å²) in [6.07, 6.45) is 0.976. The van der Waals surface area contributed by atoms with Crippen LogP contribution in [-0.2, 0) is 4.74 Å². The van der Waals surface area contributed by atoms with Crippen molar-refractivity contribution in [1.29, 1.82) is 0 Å². The van der Waals surface area contributed by atoms with Gasteiger partial charge >= 0.3 is 0 Å². The first-order valence-corrected chi connectivity index (χ1v) is 6.29. The lowest BCUT2D eigenvalue weighted by molar-refractivity contribution is 0.0876. The summed E-state index contributed by atoms with van der Waals surface area (Å²) < 4.78 is 16.4. The molecule has 1 fully saturated rings. The minimum atomic E-state index is -0.0254. The Morgan fingerprint density at radius 3 is 2.72 bits per heavy atom. The number of carbonyl (C=O) groups excluding carboxylic acids is 1. The Labute approximate surface area is 106 Å². The molecule has 0 bridgehead atoms. The van der Waals surface area contributed by atoms with Gasteiger partial charge in [0.05, 0.1) is 12.7 Å². The van der Waals surface area contributed by atoms with Crippen molar-refractivity contribution in [3.05, 3.63) is 23.8 Å². The number of Topliss-reactive ketones (excluding diaryl/α,β-unsaturated/α-hetero) is 1. The zero-order valence-corrected chi connectivity index (χ0v) is 10.3.